The van der Waals surface area contributed by atoms with Gasteiger partial charge in [0.15, 0.2) is 0 Å². The Balaban J connectivity index is 1.79. The predicted molar refractivity (Wildman–Crippen MR) is 93.6 cm³/mol. The highest BCUT2D eigenvalue weighted by atomic mass is 16.2. The quantitative estimate of drug-likeness (QED) is 0.764. The minimum Gasteiger partial charge on any atom is -0.336 e. The van der Waals surface area contributed by atoms with Crippen molar-refractivity contribution in [2.45, 2.75) is 58.4 Å². The first-order valence-corrected chi connectivity index (χ1v) is 8.50. The Kier molecular flexibility index (Phi) is 6.44. The number of anilines is 2. The molecule has 0 bridgehead atoms. The summed E-state index contributed by atoms with van der Waals surface area (Å²) < 4.78 is 0. The van der Waals surface area contributed by atoms with E-state index in [4.69, 9.17) is 0 Å². The molecule has 1 saturated carbocycles. The van der Waals surface area contributed by atoms with Crippen LogP contribution in [0.25, 0.3) is 0 Å². The molecule has 1 aromatic carbocycles. The molecule has 0 saturated heterocycles. The molecule has 0 unspecified atom stereocenters. The second-order valence-electron chi connectivity index (χ2n) is 6.59. The Bertz CT molecular complexity index is 520. The lowest BCUT2D eigenvalue weighted by Gasteiger charge is -2.20. The predicted octanol–water partition coefficient (Wildman–Crippen LogP) is 4.13. The van der Waals surface area contributed by atoms with E-state index < -0.39 is 0 Å². The third kappa shape index (κ3) is 6.30. The number of carbonyl (C=O) groups excluding carboxylic acids is 2. The van der Waals surface area contributed by atoms with Gasteiger partial charge in [-0.15, -0.1) is 0 Å². The van der Waals surface area contributed by atoms with Crippen LogP contribution in [0.4, 0.5) is 16.2 Å². The summed E-state index contributed by atoms with van der Waals surface area (Å²) in [6.45, 7) is 3.81. The molecule has 1 fully saturated rings. The first-order chi connectivity index (χ1) is 11.0. The molecule has 0 aliphatic heterocycles. The summed E-state index contributed by atoms with van der Waals surface area (Å²) in [4.78, 5) is 23.7. The van der Waals surface area contributed by atoms with Gasteiger partial charge in [-0.05, 0) is 56.9 Å². The molecule has 3 N–H and O–H groups in total. The van der Waals surface area contributed by atoms with Crippen LogP contribution in [0.1, 0.15) is 52.4 Å². The highest BCUT2D eigenvalue weighted by Crippen LogP contribution is 2.26. The number of benzene rings is 1. The zero-order chi connectivity index (χ0) is 16.7. The number of urea groups is 1. The lowest BCUT2D eigenvalue weighted by Crippen LogP contribution is -2.34. The van der Waals surface area contributed by atoms with E-state index in [1.54, 1.807) is 12.1 Å². The zero-order valence-corrected chi connectivity index (χ0v) is 14.0. The van der Waals surface area contributed by atoms with Crippen LogP contribution in [-0.2, 0) is 4.79 Å². The Hall–Kier alpha value is -2.04. The number of hydrogen-bond donors (Lipinski definition) is 3. The van der Waals surface area contributed by atoms with Gasteiger partial charge in [0.1, 0.15) is 0 Å². The molecule has 0 radical (unpaired) electrons. The molecule has 2 rings (SSSR count). The third-order valence-electron chi connectivity index (χ3n) is 4.05. The van der Waals surface area contributed by atoms with Crippen molar-refractivity contribution in [3.8, 4) is 0 Å². The van der Waals surface area contributed by atoms with E-state index >= 15 is 0 Å². The van der Waals surface area contributed by atoms with E-state index in [1.165, 1.54) is 32.1 Å². The Morgan fingerprint density at radius 2 is 1.57 bits per heavy atom. The normalized spacial score (nSPS) is 15.3. The number of hydrogen-bond acceptors (Lipinski definition) is 2. The molecule has 23 heavy (non-hydrogen) atoms. The summed E-state index contributed by atoms with van der Waals surface area (Å²) in [5, 5.41) is 8.46. The summed E-state index contributed by atoms with van der Waals surface area (Å²) in [6.07, 6.45) is 6.74. The fourth-order valence-electron chi connectivity index (χ4n) is 2.93. The first kappa shape index (κ1) is 17.3. The van der Waals surface area contributed by atoms with Crippen molar-refractivity contribution in [3.05, 3.63) is 24.3 Å². The number of rotatable bonds is 5. The van der Waals surface area contributed by atoms with Gasteiger partial charge in [-0.25, -0.2) is 4.79 Å². The summed E-state index contributed by atoms with van der Waals surface area (Å²) in [5.74, 6) is 0.611. The van der Waals surface area contributed by atoms with Crippen LogP contribution in [0.3, 0.4) is 0 Å². The second-order valence-corrected chi connectivity index (χ2v) is 6.59. The molecule has 3 amide bonds. The Morgan fingerprint density at radius 3 is 2.13 bits per heavy atom. The molecular formula is C18H27N3O2. The van der Waals surface area contributed by atoms with E-state index in [9.17, 15) is 9.59 Å². The van der Waals surface area contributed by atoms with Crippen molar-refractivity contribution in [1.29, 1.82) is 0 Å². The molecule has 1 aliphatic carbocycles. The lowest BCUT2D eigenvalue weighted by molar-refractivity contribution is -0.117. The van der Waals surface area contributed by atoms with Gasteiger partial charge in [0, 0.05) is 23.8 Å². The minimum atomic E-state index is -0.228. The van der Waals surface area contributed by atoms with Gasteiger partial charge < -0.3 is 16.0 Å². The van der Waals surface area contributed by atoms with Crippen LogP contribution in [0.5, 0.6) is 0 Å². The second kappa shape index (κ2) is 8.56. The molecule has 126 valence electrons. The van der Waals surface area contributed by atoms with Gasteiger partial charge in [-0.2, -0.15) is 0 Å². The van der Waals surface area contributed by atoms with Gasteiger partial charge in [0.25, 0.3) is 0 Å². The first-order valence-electron chi connectivity index (χ1n) is 8.50. The van der Waals surface area contributed by atoms with Gasteiger partial charge >= 0.3 is 6.03 Å². The molecular weight excluding hydrogens is 290 g/mol. The van der Waals surface area contributed by atoms with Crippen molar-refractivity contribution in [2.75, 3.05) is 10.6 Å². The molecule has 0 atom stereocenters. The van der Waals surface area contributed by atoms with Crippen LogP contribution >= 0.6 is 0 Å². The Morgan fingerprint density at radius 1 is 1.00 bits per heavy atom. The van der Waals surface area contributed by atoms with Crippen LogP contribution in [0.2, 0.25) is 0 Å². The van der Waals surface area contributed by atoms with Crippen LogP contribution in [0, 0.1) is 5.92 Å². The van der Waals surface area contributed by atoms with E-state index in [0.717, 1.165) is 5.69 Å². The van der Waals surface area contributed by atoms with Gasteiger partial charge in [-0.3, -0.25) is 4.79 Å². The maximum Gasteiger partial charge on any atom is 0.319 e. The number of amides is 3. The van der Waals surface area contributed by atoms with E-state index in [2.05, 4.69) is 16.0 Å². The highest BCUT2D eigenvalue weighted by molar-refractivity contribution is 5.92. The fraction of sp³-hybridized carbons (Fsp3) is 0.556. The SMILES string of the molecule is CC(C)NC(=O)Nc1ccc(NC(=O)CC2CCCCC2)cc1. The number of nitrogens with one attached hydrogen (secondary N) is 3. The van der Waals surface area contributed by atoms with Gasteiger partial charge in [0.05, 0.1) is 0 Å². The lowest BCUT2D eigenvalue weighted by atomic mass is 9.87. The molecule has 0 aromatic heterocycles. The van der Waals surface area contributed by atoms with Crippen molar-refractivity contribution in [3.63, 3.8) is 0 Å². The molecule has 1 aliphatic rings. The summed E-state index contributed by atoms with van der Waals surface area (Å²) >= 11 is 0. The molecule has 1 aromatic rings. The smallest absolute Gasteiger partial charge is 0.319 e. The minimum absolute atomic E-state index is 0.0789. The van der Waals surface area contributed by atoms with E-state index in [-0.39, 0.29) is 18.0 Å². The van der Waals surface area contributed by atoms with Crippen molar-refractivity contribution >= 4 is 23.3 Å². The summed E-state index contributed by atoms with van der Waals surface area (Å²) in [5.41, 5.74) is 1.47. The average Bonchev–Trinajstić information content (AvgIpc) is 2.49. The van der Waals surface area contributed by atoms with Crippen LogP contribution in [0.15, 0.2) is 24.3 Å². The van der Waals surface area contributed by atoms with Crippen molar-refractivity contribution < 1.29 is 9.59 Å². The van der Waals surface area contributed by atoms with Gasteiger partial charge in [-0.1, -0.05) is 19.3 Å². The third-order valence-corrected chi connectivity index (χ3v) is 4.05. The monoisotopic (exact) mass is 317 g/mol. The molecule has 0 heterocycles. The van der Waals surface area contributed by atoms with Crippen LogP contribution < -0.4 is 16.0 Å². The summed E-state index contributed by atoms with van der Waals surface area (Å²) in [7, 11) is 0. The van der Waals surface area contributed by atoms with E-state index in [0.29, 0.717) is 18.0 Å². The van der Waals surface area contributed by atoms with Crippen molar-refractivity contribution in [1.82, 2.24) is 5.32 Å². The maximum absolute atomic E-state index is 12.1. The molecule has 0 spiro atoms. The number of carbonyl (C=O) groups is 2. The largest absolute Gasteiger partial charge is 0.336 e. The summed E-state index contributed by atoms with van der Waals surface area (Å²) in [6, 6.07) is 7.06. The van der Waals surface area contributed by atoms with E-state index in [1.807, 2.05) is 26.0 Å². The average molecular weight is 317 g/mol. The molecule has 5 nitrogen and oxygen atoms in total. The Labute approximate surface area is 138 Å². The maximum atomic E-state index is 12.1. The zero-order valence-electron chi connectivity index (χ0n) is 14.0. The fourth-order valence-corrected chi connectivity index (χ4v) is 2.93. The van der Waals surface area contributed by atoms with Gasteiger partial charge in [0.2, 0.25) is 5.91 Å². The molecule has 5 heteroatoms. The topological polar surface area (TPSA) is 70.2 Å². The van der Waals surface area contributed by atoms with Crippen molar-refractivity contribution in [2.24, 2.45) is 5.92 Å². The standard InChI is InChI=1S/C18H27N3O2/c1-13(2)19-18(23)21-16-10-8-15(9-11-16)20-17(22)12-14-6-4-3-5-7-14/h8-11,13-14H,3-7,12H2,1-2H3,(H,20,22)(H2,19,21,23). The van der Waals surface area contributed by atoms with Crippen LogP contribution in [-0.4, -0.2) is 18.0 Å². The highest BCUT2D eigenvalue weighted by Gasteiger charge is 2.17.